The molecule has 0 bridgehead atoms. The second kappa shape index (κ2) is 12.5. The summed E-state index contributed by atoms with van der Waals surface area (Å²) < 4.78 is 9.67. The summed E-state index contributed by atoms with van der Waals surface area (Å²) in [6, 6.07) is 18.5. The number of hydrogen-bond donors (Lipinski definition) is 1. The Morgan fingerprint density at radius 3 is 2.54 bits per heavy atom. The molecule has 7 nitrogen and oxygen atoms in total. The predicted octanol–water partition coefficient (Wildman–Crippen LogP) is 6.78. The third-order valence-corrected chi connectivity index (χ3v) is 7.73. The number of nitrogens with one attached hydrogen (secondary N) is 1. The number of fused-ring (bicyclic) bond motifs is 1. The van der Waals surface area contributed by atoms with E-state index in [1.165, 1.54) is 4.68 Å². The van der Waals surface area contributed by atoms with E-state index >= 15 is 0 Å². The minimum atomic E-state index is -0.240. The number of halogens is 3. The summed E-state index contributed by atoms with van der Waals surface area (Å²) in [6.45, 7) is 3.98. The zero-order chi connectivity index (χ0) is 26.5. The van der Waals surface area contributed by atoms with Gasteiger partial charge >= 0.3 is 0 Å². The number of rotatable bonds is 8. The Bertz CT molecular complexity index is 1520. The maximum atomic E-state index is 13.3. The largest absolute Gasteiger partial charge is 0.482 e. The van der Waals surface area contributed by atoms with E-state index in [2.05, 4.69) is 78.5 Å². The van der Waals surface area contributed by atoms with Gasteiger partial charge in [-0.25, -0.2) is 4.98 Å². The van der Waals surface area contributed by atoms with Crippen molar-refractivity contribution in [2.45, 2.75) is 26.2 Å². The highest BCUT2D eigenvalue weighted by Gasteiger charge is 2.16. The van der Waals surface area contributed by atoms with Crippen molar-refractivity contribution in [1.29, 1.82) is 0 Å². The molecule has 10 heteroatoms. The van der Waals surface area contributed by atoms with Gasteiger partial charge in [-0.05, 0) is 99.6 Å². The predicted molar refractivity (Wildman–Crippen MR) is 168 cm³/mol. The summed E-state index contributed by atoms with van der Waals surface area (Å²) >= 11 is 7.78. The summed E-state index contributed by atoms with van der Waals surface area (Å²) in [4.78, 5) is 30.4. The lowest BCUT2D eigenvalue weighted by Gasteiger charge is -2.14. The highest BCUT2D eigenvalue weighted by Crippen LogP contribution is 2.29. The monoisotopic (exact) mass is 784 g/mol. The number of ether oxygens (including phenoxy) is 1. The zero-order valence-corrected chi connectivity index (χ0v) is 25.9. The first-order valence-corrected chi connectivity index (χ1v) is 14.4. The molecule has 0 fully saturated rings. The van der Waals surface area contributed by atoms with Crippen molar-refractivity contribution in [3.05, 3.63) is 94.0 Å². The highest BCUT2D eigenvalue weighted by molar-refractivity contribution is 14.1. The number of carbonyl (C=O) groups excluding carboxylic acids is 1. The summed E-state index contributed by atoms with van der Waals surface area (Å²) in [5.74, 6) is 1.05. The summed E-state index contributed by atoms with van der Waals surface area (Å²) in [7, 11) is 0. The quantitative estimate of drug-likeness (QED) is 0.158. The van der Waals surface area contributed by atoms with Gasteiger partial charge in [-0.15, -0.1) is 0 Å². The molecule has 0 aliphatic heterocycles. The summed E-state index contributed by atoms with van der Waals surface area (Å²) in [5.41, 5.74) is 1.95. The van der Waals surface area contributed by atoms with Crippen molar-refractivity contribution in [3.63, 3.8) is 0 Å². The fraction of sp³-hybridized carbons (Fsp3) is 0.185. The fourth-order valence-electron chi connectivity index (χ4n) is 3.55. The van der Waals surface area contributed by atoms with Gasteiger partial charge in [0, 0.05) is 16.1 Å². The third kappa shape index (κ3) is 6.77. The van der Waals surface area contributed by atoms with E-state index in [1.54, 1.807) is 12.3 Å². The van der Waals surface area contributed by atoms with E-state index in [0.29, 0.717) is 22.5 Å². The molecule has 1 amide bonds. The second-order valence-electron chi connectivity index (χ2n) is 8.32. The first-order valence-electron chi connectivity index (χ1n) is 11.5. The number of hydrogen-bond acceptors (Lipinski definition) is 5. The molecule has 0 spiro atoms. The number of amides is 1. The van der Waals surface area contributed by atoms with Gasteiger partial charge in [0.1, 0.15) is 11.6 Å². The van der Waals surface area contributed by atoms with Crippen LogP contribution >= 0.6 is 61.1 Å². The first-order chi connectivity index (χ1) is 17.8. The normalized spacial score (nSPS) is 12.1. The van der Waals surface area contributed by atoms with Crippen LogP contribution in [-0.4, -0.2) is 28.4 Å². The standard InChI is InChI=1S/C27H23BrI2N4O3/c1-3-16(2)26-33-23-10-9-18(28)13-20(23)27(36)34(26)31-14-17-11-21(29)25(22(30)12-17)37-15-24(35)32-19-7-5-4-6-8-19/h4-14,16H,3,15H2,1-2H3,(H,32,35)/t16-/m1/s1. The van der Waals surface area contributed by atoms with Crippen LogP contribution in [0.25, 0.3) is 10.9 Å². The maximum Gasteiger partial charge on any atom is 0.282 e. The Hall–Kier alpha value is -2.32. The van der Waals surface area contributed by atoms with Gasteiger partial charge < -0.3 is 10.1 Å². The van der Waals surface area contributed by atoms with Gasteiger partial charge in [-0.2, -0.15) is 9.78 Å². The van der Waals surface area contributed by atoms with Gasteiger partial charge in [-0.1, -0.05) is 48.0 Å². The molecule has 3 aromatic carbocycles. The van der Waals surface area contributed by atoms with Crippen LogP contribution in [0.15, 0.2) is 75.0 Å². The second-order valence-corrected chi connectivity index (χ2v) is 11.6. The van der Waals surface area contributed by atoms with Crippen molar-refractivity contribution in [3.8, 4) is 5.75 Å². The van der Waals surface area contributed by atoms with Crippen molar-refractivity contribution in [2.24, 2.45) is 5.10 Å². The lowest BCUT2D eigenvalue weighted by molar-refractivity contribution is -0.118. The minimum Gasteiger partial charge on any atom is -0.482 e. The lowest BCUT2D eigenvalue weighted by atomic mass is 10.1. The molecule has 1 heterocycles. The van der Waals surface area contributed by atoms with Gasteiger partial charge in [0.2, 0.25) is 0 Å². The average Bonchev–Trinajstić information content (AvgIpc) is 2.88. The zero-order valence-electron chi connectivity index (χ0n) is 20.0. The number of para-hydroxylation sites is 1. The molecule has 37 heavy (non-hydrogen) atoms. The van der Waals surface area contributed by atoms with Crippen molar-refractivity contribution in [1.82, 2.24) is 9.66 Å². The highest BCUT2D eigenvalue weighted by atomic mass is 127. The van der Waals surface area contributed by atoms with Crippen LogP contribution in [-0.2, 0) is 4.79 Å². The molecule has 0 radical (unpaired) electrons. The topological polar surface area (TPSA) is 85.6 Å². The van der Waals surface area contributed by atoms with Gasteiger partial charge in [-0.3, -0.25) is 9.59 Å². The molecule has 0 unspecified atom stereocenters. The molecular weight excluding hydrogens is 762 g/mol. The number of anilines is 1. The molecular formula is C27H23BrI2N4O3. The average molecular weight is 785 g/mol. The van der Waals surface area contributed by atoms with Crippen LogP contribution < -0.4 is 15.6 Å². The first kappa shape index (κ1) is 27.7. The molecule has 0 aliphatic rings. The summed E-state index contributed by atoms with van der Waals surface area (Å²) in [6.07, 6.45) is 2.47. The van der Waals surface area contributed by atoms with E-state index in [0.717, 1.165) is 29.3 Å². The van der Waals surface area contributed by atoms with Gasteiger partial charge in [0.05, 0.1) is 24.3 Å². The van der Waals surface area contributed by atoms with Crippen LogP contribution in [0, 0.1) is 7.14 Å². The van der Waals surface area contributed by atoms with Crippen LogP contribution in [0.4, 0.5) is 5.69 Å². The summed E-state index contributed by atoms with van der Waals surface area (Å²) in [5, 5.41) is 7.86. The van der Waals surface area contributed by atoms with E-state index in [-0.39, 0.29) is 24.0 Å². The molecule has 0 saturated carbocycles. The van der Waals surface area contributed by atoms with Crippen LogP contribution in [0.1, 0.15) is 37.6 Å². The van der Waals surface area contributed by atoms with Crippen LogP contribution in [0.3, 0.4) is 0 Å². The Labute approximate surface area is 250 Å². The van der Waals surface area contributed by atoms with E-state index in [1.807, 2.05) is 61.5 Å². The van der Waals surface area contributed by atoms with Gasteiger partial charge in [0.15, 0.2) is 6.61 Å². The molecule has 1 atom stereocenters. The molecule has 0 saturated heterocycles. The Morgan fingerprint density at radius 2 is 1.86 bits per heavy atom. The van der Waals surface area contributed by atoms with Gasteiger partial charge in [0.25, 0.3) is 11.5 Å². The number of carbonyl (C=O) groups is 1. The molecule has 4 aromatic rings. The third-order valence-electron chi connectivity index (χ3n) is 5.63. The number of benzene rings is 3. The van der Waals surface area contributed by atoms with E-state index in [4.69, 9.17) is 9.72 Å². The number of aromatic nitrogens is 2. The SMILES string of the molecule is CC[C@@H](C)c1nc2ccc(Br)cc2c(=O)n1N=Cc1cc(I)c(OCC(=O)Nc2ccccc2)c(I)c1. The van der Waals surface area contributed by atoms with E-state index in [9.17, 15) is 9.59 Å². The fourth-order valence-corrected chi connectivity index (χ4v) is 6.04. The van der Waals surface area contributed by atoms with Crippen LogP contribution in [0.5, 0.6) is 5.75 Å². The lowest BCUT2D eigenvalue weighted by Crippen LogP contribution is -2.23. The Balaban J connectivity index is 1.58. The molecule has 4 rings (SSSR count). The van der Waals surface area contributed by atoms with Crippen molar-refractivity contribution >= 4 is 89.8 Å². The minimum absolute atomic E-state index is 0.0518. The van der Waals surface area contributed by atoms with E-state index < -0.39 is 0 Å². The smallest absolute Gasteiger partial charge is 0.282 e. The van der Waals surface area contributed by atoms with Crippen LogP contribution in [0.2, 0.25) is 0 Å². The number of nitrogens with zero attached hydrogens (tertiary/aromatic N) is 3. The van der Waals surface area contributed by atoms with Crippen molar-refractivity contribution < 1.29 is 9.53 Å². The Morgan fingerprint density at radius 1 is 1.16 bits per heavy atom. The van der Waals surface area contributed by atoms with Crippen molar-refractivity contribution in [2.75, 3.05) is 11.9 Å². The Kier molecular flexibility index (Phi) is 9.35. The molecule has 1 aromatic heterocycles. The maximum absolute atomic E-state index is 13.3. The molecule has 0 aliphatic carbocycles. The molecule has 190 valence electrons. The molecule has 1 N–H and O–H groups in total.